The van der Waals surface area contributed by atoms with E-state index in [9.17, 15) is 9.59 Å². The van der Waals surface area contributed by atoms with Crippen molar-refractivity contribution in [2.45, 2.75) is 13.2 Å². The Morgan fingerprint density at radius 3 is 2.86 bits per heavy atom. The number of carbonyl (C=O) groups is 2. The molecule has 78 valence electrons. The summed E-state index contributed by atoms with van der Waals surface area (Å²) >= 11 is 0. The topological polar surface area (TPSA) is 58.6 Å². The maximum absolute atomic E-state index is 11.1. The summed E-state index contributed by atoms with van der Waals surface area (Å²) in [6.07, 6.45) is -0.178. The van der Waals surface area contributed by atoms with Crippen molar-refractivity contribution in [3.63, 3.8) is 0 Å². The third-order valence-corrected chi connectivity index (χ3v) is 1.94. The Balaban J connectivity index is 2.49. The van der Waals surface area contributed by atoms with Gasteiger partial charge in [0.2, 0.25) is 6.23 Å². The van der Waals surface area contributed by atoms with Crippen molar-refractivity contribution < 1.29 is 14.3 Å². The standard InChI is InChI=1S/C9H14N2O3/c1-7(2)9(13)14-8(5-12)11-4-3-10-6-11/h5,8,10H,1,3-4,6H2,2H3. The fourth-order valence-electron chi connectivity index (χ4n) is 1.14. The molecule has 5 heteroatoms. The molecule has 0 aromatic heterocycles. The van der Waals surface area contributed by atoms with Crippen molar-refractivity contribution >= 4 is 12.3 Å². The van der Waals surface area contributed by atoms with Gasteiger partial charge in [-0.15, -0.1) is 0 Å². The molecule has 1 unspecified atom stereocenters. The van der Waals surface area contributed by atoms with Crippen LogP contribution in [0.3, 0.4) is 0 Å². The first-order valence-corrected chi connectivity index (χ1v) is 4.41. The van der Waals surface area contributed by atoms with Gasteiger partial charge in [-0.25, -0.2) is 9.69 Å². The monoisotopic (exact) mass is 198 g/mol. The second-order valence-corrected chi connectivity index (χ2v) is 3.18. The van der Waals surface area contributed by atoms with E-state index in [0.717, 1.165) is 6.54 Å². The summed E-state index contributed by atoms with van der Waals surface area (Å²) in [6.45, 7) is 7.06. The quantitative estimate of drug-likeness (QED) is 0.374. The molecular formula is C9H14N2O3. The van der Waals surface area contributed by atoms with Gasteiger partial charge in [-0.3, -0.25) is 4.79 Å². The van der Waals surface area contributed by atoms with Gasteiger partial charge < -0.3 is 10.1 Å². The predicted molar refractivity (Wildman–Crippen MR) is 50.3 cm³/mol. The average molecular weight is 198 g/mol. The Morgan fingerprint density at radius 1 is 1.71 bits per heavy atom. The van der Waals surface area contributed by atoms with Crippen molar-refractivity contribution in [3.8, 4) is 0 Å². The Bertz CT molecular complexity index is 246. The largest absolute Gasteiger partial charge is 0.436 e. The Labute approximate surface area is 82.7 Å². The van der Waals surface area contributed by atoms with Gasteiger partial charge in [0.25, 0.3) is 0 Å². The molecule has 0 saturated carbocycles. The zero-order valence-electron chi connectivity index (χ0n) is 8.16. The molecule has 0 spiro atoms. The number of nitrogens with zero attached hydrogens (tertiary/aromatic N) is 1. The fourth-order valence-corrected chi connectivity index (χ4v) is 1.14. The summed E-state index contributed by atoms with van der Waals surface area (Å²) in [4.78, 5) is 23.6. The highest BCUT2D eigenvalue weighted by Gasteiger charge is 2.24. The molecule has 1 N–H and O–H groups in total. The molecule has 1 aliphatic heterocycles. The van der Waals surface area contributed by atoms with E-state index >= 15 is 0 Å². The maximum Gasteiger partial charge on any atom is 0.335 e. The lowest BCUT2D eigenvalue weighted by atomic mass is 10.3. The van der Waals surface area contributed by atoms with Gasteiger partial charge in [-0.2, -0.15) is 0 Å². The molecule has 0 bridgehead atoms. The molecule has 1 aliphatic rings. The maximum atomic E-state index is 11.1. The highest BCUT2D eigenvalue weighted by molar-refractivity contribution is 5.88. The van der Waals surface area contributed by atoms with Crippen LogP contribution in [0.15, 0.2) is 12.2 Å². The van der Waals surface area contributed by atoms with Crippen LogP contribution in [-0.2, 0) is 14.3 Å². The second kappa shape index (κ2) is 4.88. The van der Waals surface area contributed by atoms with E-state index in [4.69, 9.17) is 4.74 Å². The first kappa shape index (κ1) is 10.9. The summed E-state index contributed by atoms with van der Waals surface area (Å²) in [5.41, 5.74) is 0.295. The summed E-state index contributed by atoms with van der Waals surface area (Å²) < 4.78 is 4.92. The summed E-state index contributed by atoms with van der Waals surface area (Å²) in [7, 11) is 0. The minimum absolute atomic E-state index is 0.295. The van der Waals surface area contributed by atoms with Gasteiger partial charge in [-0.05, 0) is 6.92 Å². The van der Waals surface area contributed by atoms with E-state index in [1.165, 1.54) is 0 Å². The van der Waals surface area contributed by atoms with Crippen LogP contribution in [0.4, 0.5) is 0 Å². The van der Waals surface area contributed by atoms with Crippen LogP contribution in [0.25, 0.3) is 0 Å². The molecule has 0 aliphatic carbocycles. The highest BCUT2D eigenvalue weighted by Crippen LogP contribution is 2.04. The van der Waals surface area contributed by atoms with Crippen LogP contribution in [0.2, 0.25) is 0 Å². The van der Waals surface area contributed by atoms with Crippen LogP contribution < -0.4 is 5.32 Å². The molecule has 1 heterocycles. The van der Waals surface area contributed by atoms with Crippen LogP contribution in [0, 0.1) is 0 Å². The van der Waals surface area contributed by atoms with Gasteiger partial charge in [-0.1, -0.05) is 6.58 Å². The molecule has 14 heavy (non-hydrogen) atoms. The van der Waals surface area contributed by atoms with Crippen LogP contribution in [0.1, 0.15) is 6.92 Å². The Morgan fingerprint density at radius 2 is 2.43 bits per heavy atom. The van der Waals surface area contributed by atoms with Crippen molar-refractivity contribution in [3.05, 3.63) is 12.2 Å². The van der Waals surface area contributed by atoms with E-state index in [1.807, 2.05) is 0 Å². The lowest BCUT2D eigenvalue weighted by Crippen LogP contribution is -2.39. The van der Waals surface area contributed by atoms with Gasteiger partial charge >= 0.3 is 5.97 Å². The minimum atomic E-state index is -0.797. The zero-order chi connectivity index (χ0) is 10.6. The molecule has 1 atom stereocenters. The predicted octanol–water partition coefficient (Wildman–Crippen LogP) is -0.507. The summed E-state index contributed by atoms with van der Waals surface area (Å²) in [6, 6.07) is 0. The van der Waals surface area contributed by atoms with Gasteiger partial charge in [0.05, 0.1) is 6.67 Å². The number of aldehydes is 1. The van der Waals surface area contributed by atoms with E-state index in [-0.39, 0.29) is 0 Å². The second-order valence-electron chi connectivity index (χ2n) is 3.18. The number of rotatable bonds is 4. The molecule has 0 aromatic rings. The molecule has 1 fully saturated rings. The number of hydrogen-bond donors (Lipinski definition) is 1. The first-order valence-electron chi connectivity index (χ1n) is 4.41. The fraction of sp³-hybridized carbons (Fsp3) is 0.556. The third kappa shape index (κ3) is 2.65. The number of ether oxygens (including phenoxy) is 1. The summed E-state index contributed by atoms with van der Waals surface area (Å²) in [5, 5.41) is 3.04. The van der Waals surface area contributed by atoms with E-state index in [2.05, 4.69) is 11.9 Å². The summed E-state index contributed by atoms with van der Waals surface area (Å²) in [5.74, 6) is -0.533. The molecule has 0 radical (unpaired) electrons. The lowest BCUT2D eigenvalue weighted by molar-refractivity contribution is -0.157. The molecule has 0 amide bonds. The Hall–Kier alpha value is -1.20. The zero-order valence-corrected chi connectivity index (χ0v) is 8.16. The van der Waals surface area contributed by atoms with Crippen molar-refractivity contribution in [1.29, 1.82) is 0 Å². The first-order chi connectivity index (χ1) is 6.65. The van der Waals surface area contributed by atoms with Crippen molar-refractivity contribution in [2.75, 3.05) is 19.8 Å². The Kier molecular flexibility index (Phi) is 3.79. The van der Waals surface area contributed by atoms with E-state index in [1.54, 1.807) is 11.8 Å². The molecule has 1 saturated heterocycles. The van der Waals surface area contributed by atoms with Gasteiger partial charge in [0.15, 0.2) is 6.29 Å². The lowest BCUT2D eigenvalue weighted by Gasteiger charge is -2.21. The van der Waals surface area contributed by atoms with E-state index in [0.29, 0.717) is 25.1 Å². The van der Waals surface area contributed by atoms with Crippen LogP contribution in [-0.4, -0.2) is 43.1 Å². The highest BCUT2D eigenvalue weighted by atomic mass is 16.6. The molecule has 1 rings (SSSR count). The average Bonchev–Trinajstić information content (AvgIpc) is 2.66. The van der Waals surface area contributed by atoms with Gasteiger partial charge in [0, 0.05) is 18.7 Å². The molecular weight excluding hydrogens is 184 g/mol. The number of hydrogen-bond acceptors (Lipinski definition) is 5. The van der Waals surface area contributed by atoms with Crippen LogP contribution in [0.5, 0.6) is 0 Å². The normalized spacial score (nSPS) is 18.9. The van der Waals surface area contributed by atoms with Crippen LogP contribution >= 0.6 is 0 Å². The number of carbonyl (C=O) groups excluding carboxylic acids is 2. The number of esters is 1. The third-order valence-electron chi connectivity index (χ3n) is 1.94. The molecule has 0 aromatic carbocycles. The minimum Gasteiger partial charge on any atom is -0.436 e. The smallest absolute Gasteiger partial charge is 0.335 e. The number of nitrogens with one attached hydrogen (secondary N) is 1. The van der Waals surface area contributed by atoms with Crippen molar-refractivity contribution in [2.24, 2.45) is 0 Å². The van der Waals surface area contributed by atoms with Gasteiger partial charge in [0.1, 0.15) is 0 Å². The van der Waals surface area contributed by atoms with Crippen molar-refractivity contribution in [1.82, 2.24) is 10.2 Å². The molecule has 5 nitrogen and oxygen atoms in total. The van der Waals surface area contributed by atoms with E-state index < -0.39 is 12.2 Å². The SMILES string of the molecule is C=C(C)C(=O)OC(C=O)N1CCNC1.